The largest absolute Gasteiger partial charge is 0.514 e. The molecule has 4 saturated heterocycles. The van der Waals surface area contributed by atoms with E-state index in [4.69, 9.17) is 56.8 Å². The molecule has 0 aromatic heterocycles. The first-order valence-electron chi connectivity index (χ1n) is 26.1. The van der Waals surface area contributed by atoms with Gasteiger partial charge in [0.05, 0.1) is 26.4 Å². The van der Waals surface area contributed by atoms with E-state index in [1.807, 2.05) is 0 Å². The van der Waals surface area contributed by atoms with Gasteiger partial charge in [-0.1, -0.05) is 24.3 Å². The summed E-state index contributed by atoms with van der Waals surface area (Å²) in [6.45, 7) is 19.8. The van der Waals surface area contributed by atoms with Crippen molar-refractivity contribution in [2.75, 3.05) is 26.4 Å². The van der Waals surface area contributed by atoms with E-state index in [1.165, 1.54) is 12.2 Å². The Morgan fingerprint density at radius 1 is 0.450 bits per heavy atom. The average molecular weight is 1130 g/mol. The molecule has 0 radical (unpaired) electrons. The van der Waals surface area contributed by atoms with Gasteiger partial charge < -0.3 is 56.8 Å². The van der Waals surface area contributed by atoms with Crippen LogP contribution in [0.5, 0.6) is 0 Å². The second kappa shape index (κ2) is 34.8. The minimum atomic E-state index is -0.858. The Hall–Kier alpha value is -8.04. The van der Waals surface area contributed by atoms with Gasteiger partial charge in [-0.25, -0.2) is 38.4 Å². The second-order valence-corrected chi connectivity index (χ2v) is 19.5. The quantitative estimate of drug-likeness (QED) is 0.0302. The topological polar surface area (TPSA) is 281 Å². The highest BCUT2D eigenvalue weighted by Gasteiger charge is 2.41. The third-order valence-electron chi connectivity index (χ3n) is 11.1. The molecule has 80 heavy (non-hydrogen) atoms. The first kappa shape index (κ1) is 68.1. The Kier molecular flexibility index (Phi) is 29.6. The third-order valence-corrected chi connectivity index (χ3v) is 11.1. The van der Waals surface area contributed by atoms with Gasteiger partial charge in [-0.05, 0) is 118 Å². The standard InChI is InChI=1S/C28H36O11.C20H24O10.C8H12O.C2H4/c1-27(2)21(36-25(32)38-27)14-10-18-34-23(30)16-7-5-6-12-20(29)13-8-9-17-24(31)35-19-11-15-22-28(3,4)39-26(33)37-22;1-19(2)13(27-17(23)29-19)7-5-11-25-15(21)9-10-16(22)26-12-6-8-14-20(3,4)30-18(24)28-14;9-8-6-4-2-1-3-5-7-8;1-2/h7,9,14-17H,5-6,8,10-13,18-19H2,1-4H3;7-10H,5-6,11-12H2,1-4H3;1-2H,3-7H2;1-2H2/b16-7?,17-9?,21-14+,22-15+;10-9+,13-7+,14-8+;2-1-;. The van der Waals surface area contributed by atoms with Crippen molar-refractivity contribution in [2.24, 2.45) is 0 Å². The molecule has 0 atom stereocenters. The van der Waals surface area contributed by atoms with Crippen molar-refractivity contribution in [1.29, 1.82) is 0 Å². The lowest BCUT2D eigenvalue weighted by Crippen LogP contribution is -2.20. The number of esters is 4. The van der Waals surface area contributed by atoms with Gasteiger partial charge in [0.2, 0.25) is 0 Å². The van der Waals surface area contributed by atoms with Gasteiger partial charge in [-0.2, -0.15) is 0 Å². The van der Waals surface area contributed by atoms with Crippen LogP contribution in [-0.4, -0.2) is 109 Å². The minimum Gasteiger partial charge on any atom is -0.462 e. The van der Waals surface area contributed by atoms with Gasteiger partial charge in [0.1, 0.15) is 11.6 Å². The maximum absolute atomic E-state index is 12.0. The summed E-state index contributed by atoms with van der Waals surface area (Å²) in [5.41, 5.74) is -3.38. The van der Waals surface area contributed by atoms with Crippen LogP contribution < -0.4 is 0 Å². The SMILES string of the molecule is C=C.CC1(C)OC(=O)O/C1=C/CCOC(=O)/C=C/C(=O)OCC/C=C1/OC(=O)OC1(C)C.CC1(C)OC(=O)O/C1=C/CCOC(=O)C=CCCCC(=O)CCC=CC(=O)OCC/C=C1/OC(=O)OC1(C)C.O=C1CC/C=C\CCC1. The highest BCUT2D eigenvalue weighted by atomic mass is 16.8. The number of carbonyl (C=O) groups excluding carboxylic acids is 10. The monoisotopic (exact) mass is 1120 g/mol. The Balaban J connectivity index is 0.000000469. The normalized spacial score (nSPS) is 20.6. The minimum absolute atomic E-state index is 0.0273. The van der Waals surface area contributed by atoms with Crippen LogP contribution in [0.2, 0.25) is 0 Å². The molecule has 0 bridgehead atoms. The Labute approximate surface area is 466 Å². The number of ketones is 2. The molecule has 0 aromatic rings. The molecule has 4 heterocycles. The number of unbranched alkanes of at least 4 members (excludes halogenated alkanes) is 1. The first-order valence-corrected chi connectivity index (χ1v) is 26.1. The predicted octanol–water partition coefficient (Wildman–Crippen LogP) is 11.1. The number of Topliss-reactive ketones (excluding diaryl/α,β-unsaturated/α-hetero) is 2. The van der Waals surface area contributed by atoms with Gasteiger partial charge in [0.15, 0.2) is 45.4 Å². The van der Waals surface area contributed by atoms with E-state index in [9.17, 15) is 47.9 Å². The Morgan fingerprint density at radius 3 is 1.11 bits per heavy atom. The van der Waals surface area contributed by atoms with Crippen LogP contribution >= 0.6 is 0 Å². The van der Waals surface area contributed by atoms with E-state index < -0.39 is 70.9 Å². The van der Waals surface area contributed by atoms with Gasteiger partial charge in [-0.3, -0.25) is 9.59 Å². The molecule has 440 valence electrons. The summed E-state index contributed by atoms with van der Waals surface area (Å²) in [6.07, 6.45) is 23.7. The van der Waals surface area contributed by atoms with Crippen molar-refractivity contribution < 1.29 is 105 Å². The van der Waals surface area contributed by atoms with Gasteiger partial charge >= 0.3 is 48.5 Å². The maximum atomic E-state index is 12.0. The van der Waals surface area contributed by atoms with E-state index in [0.29, 0.717) is 86.6 Å². The highest BCUT2D eigenvalue weighted by Crippen LogP contribution is 2.33. The number of ether oxygens (including phenoxy) is 12. The van der Waals surface area contributed by atoms with Crippen LogP contribution in [0, 0.1) is 0 Å². The molecule has 4 fully saturated rings. The number of rotatable bonds is 23. The number of carbonyl (C=O) groups is 10. The zero-order valence-corrected chi connectivity index (χ0v) is 47.1. The van der Waals surface area contributed by atoms with E-state index in [1.54, 1.807) is 91.8 Å². The molecular formula is C58H76O22. The van der Waals surface area contributed by atoms with Crippen LogP contribution in [0.4, 0.5) is 19.2 Å². The summed E-state index contributed by atoms with van der Waals surface area (Å²) >= 11 is 0. The maximum Gasteiger partial charge on any atom is 0.514 e. The fourth-order valence-corrected chi connectivity index (χ4v) is 7.01. The summed E-state index contributed by atoms with van der Waals surface area (Å²) in [6, 6.07) is 0. The van der Waals surface area contributed by atoms with Crippen molar-refractivity contribution >= 4 is 60.1 Å². The van der Waals surface area contributed by atoms with E-state index in [0.717, 1.165) is 44.3 Å². The molecule has 22 nitrogen and oxygen atoms in total. The summed E-state index contributed by atoms with van der Waals surface area (Å²) in [4.78, 5) is 114. The lowest BCUT2D eigenvalue weighted by Gasteiger charge is -2.13. The lowest BCUT2D eigenvalue weighted by atomic mass is 10.1. The second-order valence-electron chi connectivity index (χ2n) is 19.5. The molecule has 4 aliphatic heterocycles. The van der Waals surface area contributed by atoms with E-state index in [2.05, 4.69) is 25.3 Å². The number of allylic oxidation sites excluding steroid dienone is 4. The van der Waals surface area contributed by atoms with Crippen LogP contribution in [0.15, 0.2) is 109 Å². The third kappa shape index (κ3) is 27.5. The number of hydrogen-bond acceptors (Lipinski definition) is 22. The lowest BCUT2D eigenvalue weighted by molar-refractivity contribution is -0.140. The predicted molar refractivity (Wildman–Crippen MR) is 285 cm³/mol. The number of hydrogen-bond donors (Lipinski definition) is 0. The fraction of sp³-hybridized carbons (Fsp3) is 0.517. The zero-order chi connectivity index (χ0) is 59.8. The summed E-state index contributed by atoms with van der Waals surface area (Å²) in [5.74, 6) is -0.503. The molecular weight excluding hydrogens is 1050 g/mol. The number of cyclic esters (lactones) is 8. The zero-order valence-electron chi connectivity index (χ0n) is 47.1. The Morgan fingerprint density at radius 2 is 0.775 bits per heavy atom. The Bertz CT molecular complexity index is 2370. The molecule has 22 heteroatoms. The van der Waals surface area contributed by atoms with Gasteiger partial charge in [-0.15, -0.1) is 13.2 Å². The van der Waals surface area contributed by atoms with Crippen LogP contribution in [-0.2, 0) is 85.6 Å². The van der Waals surface area contributed by atoms with Gasteiger partial charge in [0, 0.05) is 75.7 Å². The molecule has 0 amide bonds. The molecule has 0 aromatic carbocycles. The van der Waals surface area contributed by atoms with Crippen LogP contribution in [0.3, 0.4) is 0 Å². The molecule has 1 aliphatic carbocycles. The molecule has 0 unspecified atom stereocenters. The van der Waals surface area contributed by atoms with E-state index >= 15 is 0 Å². The summed E-state index contributed by atoms with van der Waals surface area (Å²) in [7, 11) is 0. The van der Waals surface area contributed by atoms with Crippen molar-refractivity contribution in [3.63, 3.8) is 0 Å². The molecule has 5 aliphatic rings. The molecule has 0 spiro atoms. The molecule has 5 rings (SSSR count). The van der Waals surface area contributed by atoms with Crippen molar-refractivity contribution in [1.82, 2.24) is 0 Å². The molecule has 0 N–H and O–H groups in total. The van der Waals surface area contributed by atoms with Crippen molar-refractivity contribution in [3.05, 3.63) is 109 Å². The fourth-order valence-electron chi connectivity index (χ4n) is 7.01. The van der Waals surface area contributed by atoms with Crippen LogP contribution in [0.25, 0.3) is 0 Å². The molecule has 0 saturated carbocycles. The van der Waals surface area contributed by atoms with Crippen LogP contribution in [0.1, 0.15) is 145 Å². The summed E-state index contributed by atoms with van der Waals surface area (Å²) < 4.78 is 59.7. The van der Waals surface area contributed by atoms with Crippen molar-refractivity contribution in [3.8, 4) is 0 Å². The highest BCUT2D eigenvalue weighted by molar-refractivity contribution is 5.91. The first-order chi connectivity index (χ1) is 37.8. The average Bonchev–Trinajstić information content (AvgIpc) is 4.01. The summed E-state index contributed by atoms with van der Waals surface area (Å²) in [5, 5.41) is 0. The van der Waals surface area contributed by atoms with Gasteiger partial charge in [0.25, 0.3) is 0 Å². The van der Waals surface area contributed by atoms with Crippen molar-refractivity contribution in [2.45, 2.75) is 168 Å². The van der Waals surface area contributed by atoms with E-state index in [-0.39, 0.29) is 32.2 Å². The smallest absolute Gasteiger partial charge is 0.462 e.